The predicted molar refractivity (Wildman–Crippen MR) is 280 cm³/mol. The number of likely N-dealkylation sites (N-methyl/N-ethyl adjacent to an activating group) is 1. The van der Waals surface area contributed by atoms with Gasteiger partial charge in [0.1, 0.15) is 19.3 Å². The topological polar surface area (TPSA) is 91.3 Å². The van der Waals surface area contributed by atoms with Gasteiger partial charge < -0.3 is 18.9 Å². The Hall–Kier alpha value is -1.02. The van der Waals surface area contributed by atoms with Gasteiger partial charge in [-0.3, -0.25) is 13.8 Å². The number of phosphoric ester groups is 1. The van der Waals surface area contributed by atoms with Gasteiger partial charge >= 0.3 is 13.8 Å². The van der Waals surface area contributed by atoms with Crippen molar-refractivity contribution in [2.75, 3.05) is 54.1 Å². The maximum Gasteiger partial charge on any atom is 0.472 e. The molecule has 65 heavy (non-hydrogen) atoms. The first kappa shape index (κ1) is 64.0. The molecule has 0 aliphatic carbocycles. The summed E-state index contributed by atoms with van der Waals surface area (Å²) in [7, 11) is 1.68. The number of carbonyl (C=O) groups excluding carboxylic acids is 1. The van der Waals surface area contributed by atoms with E-state index in [2.05, 4.69) is 38.2 Å². The fourth-order valence-corrected chi connectivity index (χ4v) is 8.92. The number of rotatable bonds is 53. The summed E-state index contributed by atoms with van der Waals surface area (Å²) in [5.74, 6) is -0.310. The van der Waals surface area contributed by atoms with Crippen LogP contribution in [0.15, 0.2) is 24.3 Å². The number of nitrogens with zero attached hydrogens (tertiary/aromatic N) is 1. The van der Waals surface area contributed by atoms with Crippen molar-refractivity contribution < 1.29 is 37.3 Å². The van der Waals surface area contributed by atoms with Gasteiger partial charge in [0.05, 0.1) is 34.4 Å². The molecule has 0 saturated heterocycles. The van der Waals surface area contributed by atoms with Gasteiger partial charge in [-0.1, -0.05) is 244 Å². The molecule has 2 atom stereocenters. The number of hydrogen-bond donors (Lipinski definition) is 1. The average Bonchev–Trinajstić information content (AvgIpc) is 3.27. The van der Waals surface area contributed by atoms with Gasteiger partial charge in [0, 0.05) is 13.0 Å². The van der Waals surface area contributed by atoms with Crippen LogP contribution in [-0.4, -0.2) is 75.6 Å². The van der Waals surface area contributed by atoms with Crippen molar-refractivity contribution in [1.82, 2.24) is 0 Å². The molecule has 0 rings (SSSR count). The highest BCUT2D eigenvalue weighted by Gasteiger charge is 2.26. The molecule has 0 bridgehead atoms. The zero-order valence-electron chi connectivity index (χ0n) is 44.0. The molecule has 0 spiro atoms. The molecular weight excluding hydrogens is 830 g/mol. The molecule has 0 fully saturated rings. The first-order valence-electron chi connectivity index (χ1n) is 28.1. The minimum absolute atomic E-state index is 0.0909. The first-order valence-corrected chi connectivity index (χ1v) is 29.6. The molecule has 0 heterocycles. The van der Waals surface area contributed by atoms with Crippen LogP contribution in [0.4, 0.5) is 0 Å². The first-order chi connectivity index (χ1) is 31.6. The van der Waals surface area contributed by atoms with Gasteiger partial charge in [-0.2, -0.15) is 0 Å². The van der Waals surface area contributed by atoms with Crippen molar-refractivity contribution in [1.29, 1.82) is 0 Å². The van der Waals surface area contributed by atoms with E-state index in [-0.39, 0.29) is 25.8 Å². The average molecular weight is 941 g/mol. The number of phosphoric acid groups is 1. The van der Waals surface area contributed by atoms with E-state index in [0.717, 1.165) is 38.5 Å². The molecule has 0 aromatic heterocycles. The monoisotopic (exact) mass is 941 g/mol. The summed E-state index contributed by atoms with van der Waals surface area (Å²) >= 11 is 0. The van der Waals surface area contributed by atoms with E-state index in [1.54, 1.807) is 0 Å². The quantitative estimate of drug-likeness (QED) is 0.0213. The summed E-state index contributed by atoms with van der Waals surface area (Å²) in [4.78, 5) is 23.1. The third-order valence-electron chi connectivity index (χ3n) is 12.5. The van der Waals surface area contributed by atoms with Crippen molar-refractivity contribution in [2.24, 2.45) is 0 Å². The molecule has 0 aliphatic heterocycles. The minimum atomic E-state index is -4.28. The molecule has 2 unspecified atom stereocenters. The number of unbranched alkanes of at least 4 members (excludes halogenated alkanes) is 35. The Kier molecular flexibility index (Phi) is 48.6. The molecule has 0 aromatic rings. The van der Waals surface area contributed by atoms with Gasteiger partial charge in [0.25, 0.3) is 0 Å². The van der Waals surface area contributed by atoms with E-state index in [9.17, 15) is 14.3 Å². The van der Waals surface area contributed by atoms with Gasteiger partial charge in [-0.25, -0.2) is 4.57 Å². The second-order valence-electron chi connectivity index (χ2n) is 20.3. The van der Waals surface area contributed by atoms with Gasteiger partial charge in [0.2, 0.25) is 0 Å². The molecule has 0 amide bonds. The summed E-state index contributed by atoms with van der Waals surface area (Å²) in [5.41, 5.74) is 0. The number of allylic oxidation sites excluding steroid dienone is 4. The van der Waals surface area contributed by atoms with E-state index in [4.69, 9.17) is 18.5 Å². The molecule has 1 N–H and O–H groups in total. The summed E-state index contributed by atoms with van der Waals surface area (Å²) in [6.07, 6.45) is 59.4. The van der Waals surface area contributed by atoms with Crippen molar-refractivity contribution in [3.63, 3.8) is 0 Å². The molecule has 8 nitrogen and oxygen atoms in total. The highest BCUT2D eigenvalue weighted by molar-refractivity contribution is 7.47. The maximum atomic E-state index is 12.8. The normalized spacial score (nSPS) is 13.6. The van der Waals surface area contributed by atoms with Crippen LogP contribution in [0.1, 0.15) is 271 Å². The molecule has 0 radical (unpaired) electrons. The standard InChI is InChI=1S/C56H110NO7P/c1-6-8-10-12-14-16-18-20-22-24-26-28-29-30-31-33-35-37-39-41-43-45-47-49-56(58)64-55(54-63-65(59,60)62-52-50-57(3,4)5)53-61-51-48-46-44-42-40-38-36-34-32-27-25-23-21-19-17-15-13-11-9-7-2/h18,20,24,26,55H,6-17,19,21-23,25,27-54H2,1-5H3/p+1/b20-18-,26-24-. The third-order valence-corrected chi connectivity index (χ3v) is 13.5. The summed E-state index contributed by atoms with van der Waals surface area (Å²) in [6, 6.07) is 0. The Morgan fingerprint density at radius 1 is 0.477 bits per heavy atom. The third kappa shape index (κ3) is 53.8. The van der Waals surface area contributed by atoms with Crippen LogP contribution >= 0.6 is 7.82 Å². The zero-order valence-corrected chi connectivity index (χ0v) is 44.9. The molecule has 0 aliphatic rings. The van der Waals surface area contributed by atoms with Crippen molar-refractivity contribution in [3.8, 4) is 0 Å². The zero-order chi connectivity index (χ0) is 47.6. The highest BCUT2D eigenvalue weighted by Crippen LogP contribution is 2.43. The smallest absolute Gasteiger partial charge is 0.457 e. The molecule has 386 valence electrons. The Morgan fingerprint density at radius 2 is 0.846 bits per heavy atom. The predicted octanol–water partition coefficient (Wildman–Crippen LogP) is 17.5. The fraction of sp³-hybridized carbons (Fsp3) is 0.911. The lowest BCUT2D eigenvalue weighted by Gasteiger charge is -2.24. The number of hydrogen-bond acceptors (Lipinski definition) is 6. The second-order valence-corrected chi connectivity index (χ2v) is 21.8. The van der Waals surface area contributed by atoms with Gasteiger partial charge in [-0.05, 0) is 44.9 Å². The number of ether oxygens (including phenoxy) is 2. The van der Waals surface area contributed by atoms with Crippen LogP contribution in [0.3, 0.4) is 0 Å². The Balaban J connectivity index is 4.06. The number of carbonyl (C=O) groups is 1. The lowest BCUT2D eigenvalue weighted by molar-refractivity contribution is -0.870. The molecular formula is C56H111NO7P+. The van der Waals surface area contributed by atoms with Crippen LogP contribution in [0.2, 0.25) is 0 Å². The minimum Gasteiger partial charge on any atom is -0.457 e. The number of esters is 1. The number of quaternary nitrogens is 1. The van der Waals surface area contributed by atoms with Gasteiger partial charge in [0.15, 0.2) is 0 Å². The summed E-state index contributed by atoms with van der Waals surface area (Å²) in [6.45, 7) is 5.68. The Labute approximate surface area is 404 Å². The summed E-state index contributed by atoms with van der Waals surface area (Å²) in [5, 5.41) is 0. The molecule has 0 aromatic carbocycles. The van der Waals surface area contributed by atoms with Crippen LogP contribution in [-0.2, 0) is 27.9 Å². The van der Waals surface area contributed by atoms with E-state index in [1.165, 1.54) is 212 Å². The second kappa shape index (κ2) is 49.4. The van der Waals surface area contributed by atoms with E-state index in [0.29, 0.717) is 24.1 Å². The van der Waals surface area contributed by atoms with Crippen molar-refractivity contribution in [3.05, 3.63) is 24.3 Å². The largest absolute Gasteiger partial charge is 0.472 e. The molecule has 9 heteroatoms. The van der Waals surface area contributed by atoms with E-state index >= 15 is 0 Å². The van der Waals surface area contributed by atoms with E-state index in [1.807, 2.05) is 21.1 Å². The lowest BCUT2D eigenvalue weighted by Crippen LogP contribution is -2.37. The lowest BCUT2D eigenvalue weighted by atomic mass is 10.0. The van der Waals surface area contributed by atoms with Crippen LogP contribution < -0.4 is 0 Å². The Morgan fingerprint density at radius 3 is 1.25 bits per heavy atom. The van der Waals surface area contributed by atoms with Crippen LogP contribution in [0.5, 0.6) is 0 Å². The van der Waals surface area contributed by atoms with Crippen molar-refractivity contribution in [2.45, 2.75) is 277 Å². The maximum absolute atomic E-state index is 12.8. The fourth-order valence-electron chi connectivity index (χ4n) is 8.17. The van der Waals surface area contributed by atoms with Gasteiger partial charge in [-0.15, -0.1) is 0 Å². The van der Waals surface area contributed by atoms with E-state index < -0.39 is 13.9 Å². The molecule has 0 saturated carbocycles. The SMILES string of the molecule is CCCCCCC/C=C\C/C=C\CCCCCCCCCCCCCC(=O)OC(COCCCCCCCCCCCCCCCCCCCCCC)COP(=O)(O)OCC[N+](C)(C)C. The summed E-state index contributed by atoms with van der Waals surface area (Å²) < 4.78 is 35.2. The van der Waals surface area contributed by atoms with Crippen LogP contribution in [0, 0.1) is 0 Å². The van der Waals surface area contributed by atoms with Crippen molar-refractivity contribution >= 4 is 13.8 Å². The highest BCUT2D eigenvalue weighted by atomic mass is 31.2. The Bertz CT molecular complexity index is 1090. The van der Waals surface area contributed by atoms with Crippen LogP contribution in [0.25, 0.3) is 0 Å².